The minimum atomic E-state index is -0.643. The summed E-state index contributed by atoms with van der Waals surface area (Å²) in [5.74, 6) is 0.270. The second-order valence-electron chi connectivity index (χ2n) is 6.15. The van der Waals surface area contributed by atoms with E-state index in [1.165, 1.54) is 32.4 Å². The average Bonchev–Trinajstić information content (AvgIpc) is 3.28. The van der Waals surface area contributed by atoms with E-state index in [2.05, 4.69) is 10.1 Å². The Labute approximate surface area is 166 Å². The lowest BCUT2D eigenvalue weighted by Gasteiger charge is -2.12. The summed E-state index contributed by atoms with van der Waals surface area (Å²) in [5, 5.41) is 2.54. The van der Waals surface area contributed by atoms with Crippen molar-refractivity contribution in [1.82, 2.24) is 10.2 Å². The Morgan fingerprint density at radius 2 is 1.90 bits per heavy atom. The maximum Gasteiger partial charge on any atom is 0.373 e. The number of carbonyl (C=O) groups excluding carboxylic acids is 3. The zero-order chi connectivity index (χ0) is 21.1. The van der Waals surface area contributed by atoms with Gasteiger partial charge in [0.25, 0.3) is 5.91 Å². The van der Waals surface area contributed by atoms with Crippen LogP contribution >= 0.6 is 0 Å². The molecule has 0 spiro atoms. The minimum absolute atomic E-state index is 0.0104. The van der Waals surface area contributed by atoms with Gasteiger partial charge in [0.2, 0.25) is 5.76 Å². The summed E-state index contributed by atoms with van der Waals surface area (Å²) in [6, 6.07) is 5.81. The molecule has 1 aliphatic heterocycles. The van der Waals surface area contributed by atoms with E-state index in [0.29, 0.717) is 17.1 Å². The lowest BCUT2D eigenvalue weighted by molar-refractivity contribution is -0.123. The number of nitrogens with zero attached hydrogens (tertiary/aromatic N) is 1. The maximum atomic E-state index is 12.7. The number of methoxy groups -OCH3 is 3. The third-order valence-corrected chi connectivity index (χ3v) is 4.44. The first-order chi connectivity index (χ1) is 13.9. The van der Waals surface area contributed by atoms with E-state index in [-0.39, 0.29) is 23.8 Å². The highest BCUT2D eigenvalue weighted by atomic mass is 16.5. The van der Waals surface area contributed by atoms with E-state index in [4.69, 9.17) is 13.9 Å². The third kappa shape index (κ3) is 3.79. The van der Waals surface area contributed by atoms with Crippen LogP contribution in [0.25, 0.3) is 6.08 Å². The molecule has 0 atom stereocenters. The molecule has 0 unspecified atom stereocenters. The lowest BCUT2D eigenvalue weighted by atomic mass is 10.1. The molecule has 2 heterocycles. The minimum Gasteiger partial charge on any atom is -0.496 e. The van der Waals surface area contributed by atoms with Gasteiger partial charge in [-0.1, -0.05) is 0 Å². The maximum absolute atomic E-state index is 12.7. The predicted octanol–water partition coefficient (Wildman–Crippen LogP) is 2.48. The van der Waals surface area contributed by atoms with Gasteiger partial charge in [0.1, 0.15) is 23.0 Å². The standard InChI is InChI=1S/C20H20N2O7/c1-11-15(26-2)7-5-12(17(11)27-3)9-14-18(23)22(20(25)21-14)10-13-6-8-16(29-13)19(24)28-4/h5-9H,10H2,1-4H3,(H,21,25). The average molecular weight is 400 g/mol. The molecular weight excluding hydrogens is 380 g/mol. The molecule has 1 fully saturated rings. The fraction of sp³-hybridized carbons (Fsp3) is 0.250. The molecule has 2 aromatic rings. The van der Waals surface area contributed by atoms with Crippen LogP contribution in [-0.4, -0.2) is 44.1 Å². The number of carbonyl (C=O) groups is 3. The number of imide groups is 1. The van der Waals surface area contributed by atoms with Crippen LogP contribution in [0.4, 0.5) is 4.79 Å². The quantitative estimate of drug-likeness (QED) is 0.451. The second kappa shape index (κ2) is 8.09. The Bertz CT molecular complexity index is 1010. The van der Waals surface area contributed by atoms with Crippen molar-refractivity contribution >= 4 is 24.0 Å². The van der Waals surface area contributed by atoms with Gasteiger partial charge in [0.05, 0.1) is 27.9 Å². The fourth-order valence-electron chi connectivity index (χ4n) is 3.00. The summed E-state index contributed by atoms with van der Waals surface area (Å²) in [4.78, 5) is 37.4. The Balaban J connectivity index is 1.84. The molecule has 3 rings (SSSR count). The summed E-state index contributed by atoms with van der Waals surface area (Å²) in [6.07, 6.45) is 1.54. The number of urea groups is 1. The summed E-state index contributed by atoms with van der Waals surface area (Å²) in [7, 11) is 4.30. The van der Waals surface area contributed by atoms with Crippen molar-refractivity contribution in [1.29, 1.82) is 0 Å². The normalized spacial score (nSPS) is 14.9. The van der Waals surface area contributed by atoms with Crippen LogP contribution in [0.5, 0.6) is 11.5 Å². The molecule has 152 valence electrons. The van der Waals surface area contributed by atoms with Crippen molar-refractivity contribution in [2.24, 2.45) is 0 Å². The topological polar surface area (TPSA) is 107 Å². The monoisotopic (exact) mass is 400 g/mol. The fourth-order valence-corrected chi connectivity index (χ4v) is 3.00. The number of hydrogen-bond donors (Lipinski definition) is 1. The number of hydrogen-bond acceptors (Lipinski definition) is 7. The van der Waals surface area contributed by atoms with Crippen LogP contribution in [0.1, 0.15) is 27.4 Å². The molecule has 0 radical (unpaired) electrons. The van der Waals surface area contributed by atoms with Gasteiger partial charge >= 0.3 is 12.0 Å². The van der Waals surface area contributed by atoms with Crippen molar-refractivity contribution in [2.45, 2.75) is 13.5 Å². The van der Waals surface area contributed by atoms with Crippen LogP contribution in [0.2, 0.25) is 0 Å². The van der Waals surface area contributed by atoms with Crippen LogP contribution in [0.3, 0.4) is 0 Å². The first kappa shape index (κ1) is 20.0. The Kier molecular flexibility index (Phi) is 5.58. The Morgan fingerprint density at radius 3 is 2.55 bits per heavy atom. The predicted molar refractivity (Wildman–Crippen MR) is 101 cm³/mol. The van der Waals surface area contributed by atoms with E-state index in [9.17, 15) is 14.4 Å². The Morgan fingerprint density at radius 1 is 1.14 bits per heavy atom. The van der Waals surface area contributed by atoms with E-state index in [0.717, 1.165) is 10.5 Å². The first-order valence-electron chi connectivity index (χ1n) is 8.62. The molecule has 1 aromatic heterocycles. The molecule has 29 heavy (non-hydrogen) atoms. The van der Waals surface area contributed by atoms with E-state index >= 15 is 0 Å². The third-order valence-electron chi connectivity index (χ3n) is 4.44. The molecule has 1 aliphatic rings. The SMILES string of the molecule is COC(=O)c1ccc(CN2C(=O)NC(=Cc3ccc(OC)c(C)c3OC)C2=O)o1. The number of benzene rings is 1. The second-order valence-corrected chi connectivity index (χ2v) is 6.15. The molecule has 9 heteroatoms. The Hall–Kier alpha value is -3.75. The van der Waals surface area contributed by atoms with Crippen LogP contribution in [-0.2, 0) is 16.1 Å². The number of furan rings is 1. The number of rotatable bonds is 6. The van der Waals surface area contributed by atoms with Gasteiger partial charge in [0.15, 0.2) is 0 Å². The molecule has 0 aliphatic carbocycles. The van der Waals surface area contributed by atoms with Crippen molar-refractivity contribution in [3.63, 3.8) is 0 Å². The molecule has 1 N–H and O–H groups in total. The highest BCUT2D eigenvalue weighted by molar-refractivity contribution is 6.14. The summed E-state index contributed by atoms with van der Waals surface area (Å²) in [6.45, 7) is 1.70. The van der Waals surface area contributed by atoms with Gasteiger partial charge in [-0.2, -0.15) is 0 Å². The highest BCUT2D eigenvalue weighted by Crippen LogP contribution is 2.33. The number of amides is 3. The molecule has 1 saturated heterocycles. The molecule has 0 saturated carbocycles. The van der Waals surface area contributed by atoms with Crippen molar-refractivity contribution in [2.75, 3.05) is 21.3 Å². The largest absolute Gasteiger partial charge is 0.496 e. The zero-order valence-electron chi connectivity index (χ0n) is 16.4. The van der Waals surface area contributed by atoms with Crippen molar-refractivity contribution < 1.29 is 33.0 Å². The van der Waals surface area contributed by atoms with Crippen LogP contribution in [0.15, 0.2) is 34.4 Å². The van der Waals surface area contributed by atoms with Gasteiger partial charge in [-0.15, -0.1) is 0 Å². The van der Waals surface area contributed by atoms with Crippen molar-refractivity contribution in [3.05, 3.63) is 52.6 Å². The van der Waals surface area contributed by atoms with Gasteiger partial charge in [-0.25, -0.2) is 9.59 Å². The molecule has 1 aromatic carbocycles. The molecule has 9 nitrogen and oxygen atoms in total. The lowest BCUT2D eigenvalue weighted by Crippen LogP contribution is -2.30. The number of ether oxygens (including phenoxy) is 3. The first-order valence-corrected chi connectivity index (χ1v) is 8.62. The highest BCUT2D eigenvalue weighted by Gasteiger charge is 2.34. The van der Waals surface area contributed by atoms with E-state index < -0.39 is 17.9 Å². The van der Waals surface area contributed by atoms with E-state index in [1.54, 1.807) is 19.2 Å². The summed E-state index contributed by atoms with van der Waals surface area (Å²) in [5.41, 5.74) is 1.48. The van der Waals surface area contributed by atoms with Gasteiger partial charge in [-0.3, -0.25) is 9.69 Å². The zero-order valence-corrected chi connectivity index (χ0v) is 16.4. The number of nitrogens with one attached hydrogen (secondary N) is 1. The van der Waals surface area contributed by atoms with E-state index in [1.807, 2.05) is 6.92 Å². The number of esters is 1. The van der Waals surface area contributed by atoms with Gasteiger partial charge < -0.3 is 23.9 Å². The van der Waals surface area contributed by atoms with Crippen molar-refractivity contribution in [3.8, 4) is 11.5 Å². The van der Waals surface area contributed by atoms with Crippen LogP contribution < -0.4 is 14.8 Å². The smallest absolute Gasteiger partial charge is 0.373 e. The summed E-state index contributed by atoms with van der Waals surface area (Å²) >= 11 is 0. The summed E-state index contributed by atoms with van der Waals surface area (Å²) < 4.78 is 20.6. The van der Waals surface area contributed by atoms with Gasteiger partial charge in [0, 0.05) is 11.1 Å². The van der Waals surface area contributed by atoms with Gasteiger partial charge in [-0.05, 0) is 37.3 Å². The molecule has 3 amide bonds. The van der Waals surface area contributed by atoms with Crippen LogP contribution in [0, 0.1) is 6.92 Å². The molecular formula is C20H20N2O7. The molecule has 0 bridgehead atoms.